The van der Waals surface area contributed by atoms with E-state index in [1.54, 1.807) is 18.2 Å². The van der Waals surface area contributed by atoms with Crippen molar-refractivity contribution < 1.29 is 9.90 Å². The van der Waals surface area contributed by atoms with Gasteiger partial charge in [0, 0.05) is 4.90 Å². The summed E-state index contributed by atoms with van der Waals surface area (Å²) in [5.41, 5.74) is 0.594. The van der Waals surface area contributed by atoms with E-state index in [0.717, 1.165) is 0 Å². The lowest BCUT2D eigenvalue weighted by Crippen LogP contribution is -2.00. The predicted octanol–water partition coefficient (Wildman–Crippen LogP) is 2.26. The number of carbonyl (C=O) groups is 1. The highest BCUT2D eigenvalue weighted by Crippen LogP contribution is 2.24. The van der Waals surface area contributed by atoms with Crippen LogP contribution in [0.3, 0.4) is 0 Å². The maximum Gasteiger partial charge on any atom is 0.307 e. The number of hydrogen-bond donors (Lipinski definition) is 2. The molecule has 0 atom stereocenters. The first-order chi connectivity index (χ1) is 5.61. The Hall–Kier alpha value is -0.670. The number of carboxylic acid groups (broad SMARTS) is 1. The number of halogens is 1. The van der Waals surface area contributed by atoms with Crippen molar-refractivity contribution in [1.29, 1.82) is 0 Å². The second-order valence-corrected chi connectivity index (χ2v) is 3.18. The van der Waals surface area contributed by atoms with Gasteiger partial charge in [0.1, 0.15) is 0 Å². The molecule has 0 amide bonds. The van der Waals surface area contributed by atoms with Crippen LogP contribution in [-0.2, 0) is 11.2 Å². The van der Waals surface area contributed by atoms with Crippen molar-refractivity contribution in [1.82, 2.24) is 0 Å². The Balaban J connectivity index is 3.00. The first-order valence-corrected chi connectivity index (χ1v) is 4.12. The van der Waals surface area contributed by atoms with Crippen LogP contribution in [0.1, 0.15) is 5.56 Å². The van der Waals surface area contributed by atoms with Crippen molar-refractivity contribution in [3.05, 3.63) is 28.8 Å². The number of hydrogen-bond acceptors (Lipinski definition) is 2. The molecule has 1 N–H and O–H groups in total. The Kier molecular flexibility index (Phi) is 3.00. The first kappa shape index (κ1) is 9.42. The molecule has 0 saturated heterocycles. The molecule has 0 bridgehead atoms. The molecule has 4 heteroatoms. The van der Waals surface area contributed by atoms with Gasteiger partial charge in [-0.15, -0.1) is 12.6 Å². The summed E-state index contributed by atoms with van der Waals surface area (Å²) in [5, 5.41) is 8.92. The van der Waals surface area contributed by atoms with Crippen molar-refractivity contribution in [3.63, 3.8) is 0 Å². The van der Waals surface area contributed by atoms with Crippen molar-refractivity contribution >= 4 is 30.2 Å². The first-order valence-electron chi connectivity index (χ1n) is 3.29. The van der Waals surface area contributed by atoms with Crippen LogP contribution >= 0.6 is 24.2 Å². The van der Waals surface area contributed by atoms with E-state index in [2.05, 4.69) is 12.6 Å². The summed E-state index contributed by atoms with van der Waals surface area (Å²) < 4.78 is 0. The third-order valence-corrected chi connectivity index (χ3v) is 2.35. The second-order valence-electron chi connectivity index (χ2n) is 2.32. The normalized spacial score (nSPS) is 9.83. The van der Waals surface area contributed by atoms with E-state index in [9.17, 15) is 4.79 Å². The van der Waals surface area contributed by atoms with Gasteiger partial charge in [0.05, 0.1) is 11.4 Å². The van der Waals surface area contributed by atoms with Crippen molar-refractivity contribution in [2.24, 2.45) is 0 Å². The molecule has 2 nitrogen and oxygen atoms in total. The average molecular weight is 203 g/mol. The Morgan fingerprint density at radius 2 is 2.25 bits per heavy atom. The molecule has 64 valence electrons. The summed E-state index contributed by atoms with van der Waals surface area (Å²) in [6, 6.07) is 5.12. The van der Waals surface area contributed by atoms with Gasteiger partial charge in [-0.2, -0.15) is 0 Å². The molecule has 12 heavy (non-hydrogen) atoms. The lowest BCUT2D eigenvalue weighted by atomic mass is 10.1. The van der Waals surface area contributed by atoms with Crippen LogP contribution in [-0.4, -0.2) is 11.1 Å². The molecule has 1 rings (SSSR count). The van der Waals surface area contributed by atoms with Crippen molar-refractivity contribution in [3.8, 4) is 0 Å². The molecule has 0 aromatic heterocycles. The zero-order valence-corrected chi connectivity index (χ0v) is 7.77. The zero-order chi connectivity index (χ0) is 9.14. The predicted molar refractivity (Wildman–Crippen MR) is 50.0 cm³/mol. The number of aliphatic carboxylic acids is 1. The Labute approximate surface area is 80.6 Å². The molecular formula is C8H7ClO2S. The maximum absolute atomic E-state index is 10.3. The van der Waals surface area contributed by atoms with Crippen LogP contribution in [0, 0.1) is 0 Å². The van der Waals surface area contributed by atoms with Gasteiger partial charge < -0.3 is 5.11 Å². The summed E-state index contributed by atoms with van der Waals surface area (Å²) >= 11 is 9.86. The molecule has 0 saturated carbocycles. The number of benzene rings is 1. The highest BCUT2D eigenvalue weighted by atomic mass is 35.5. The Bertz CT molecular complexity index is 312. The van der Waals surface area contributed by atoms with Gasteiger partial charge in [0.25, 0.3) is 0 Å². The van der Waals surface area contributed by atoms with Crippen LogP contribution < -0.4 is 0 Å². The average Bonchev–Trinajstić information content (AvgIpc) is 1.98. The molecule has 0 radical (unpaired) electrons. The van der Waals surface area contributed by atoms with Gasteiger partial charge in [-0.1, -0.05) is 23.7 Å². The van der Waals surface area contributed by atoms with Gasteiger partial charge in [0.2, 0.25) is 0 Å². The summed E-state index contributed by atoms with van der Waals surface area (Å²) in [7, 11) is 0. The summed E-state index contributed by atoms with van der Waals surface area (Å²) in [4.78, 5) is 11.0. The van der Waals surface area contributed by atoms with Crippen LogP contribution in [0.25, 0.3) is 0 Å². The van der Waals surface area contributed by atoms with Gasteiger partial charge in [0.15, 0.2) is 0 Å². The highest BCUT2D eigenvalue weighted by molar-refractivity contribution is 7.80. The molecule has 0 aliphatic rings. The fourth-order valence-electron chi connectivity index (χ4n) is 0.866. The number of thiol groups is 1. The van der Waals surface area contributed by atoms with Gasteiger partial charge in [-0.25, -0.2) is 0 Å². The van der Waals surface area contributed by atoms with Crippen LogP contribution in [0.2, 0.25) is 5.02 Å². The summed E-state index contributed by atoms with van der Waals surface area (Å²) in [5.74, 6) is -0.893. The molecule has 0 spiro atoms. The van der Waals surface area contributed by atoms with E-state index in [0.29, 0.717) is 15.5 Å². The van der Waals surface area contributed by atoms with E-state index in [-0.39, 0.29) is 6.42 Å². The molecule has 0 heterocycles. The quantitative estimate of drug-likeness (QED) is 0.722. The SMILES string of the molecule is O=C(O)Cc1cccc(S)c1Cl. The van der Waals surface area contributed by atoms with E-state index in [1.807, 2.05) is 0 Å². The molecule has 1 aromatic rings. The standard InChI is InChI=1S/C8H7ClO2S/c9-8-5(4-7(10)11)2-1-3-6(8)12/h1-3,12H,4H2,(H,10,11). The van der Waals surface area contributed by atoms with E-state index >= 15 is 0 Å². The van der Waals surface area contributed by atoms with Gasteiger partial charge in [-0.05, 0) is 11.6 Å². The molecule has 0 fully saturated rings. The minimum Gasteiger partial charge on any atom is -0.481 e. The van der Waals surface area contributed by atoms with Crippen LogP contribution in [0.15, 0.2) is 23.1 Å². The van der Waals surface area contributed by atoms with Gasteiger partial charge >= 0.3 is 5.97 Å². The van der Waals surface area contributed by atoms with Crippen molar-refractivity contribution in [2.45, 2.75) is 11.3 Å². The zero-order valence-electron chi connectivity index (χ0n) is 6.12. The largest absolute Gasteiger partial charge is 0.481 e. The lowest BCUT2D eigenvalue weighted by molar-refractivity contribution is -0.136. The molecule has 0 aliphatic carbocycles. The van der Waals surface area contributed by atoms with Gasteiger partial charge in [-0.3, -0.25) is 4.79 Å². The topological polar surface area (TPSA) is 37.3 Å². The third kappa shape index (κ3) is 2.16. The minimum absolute atomic E-state index is 0.0623. The minimum atomic E-state index is -0.893. The van der Waals surface area contributed by atoms with E-state index in [4.69, 9.17) is 16.7 Å². The molecular weight excluding hydrogens is 196 g/mol. The second kappa shape index (κ2) is 3.83. The smallest absolute Gasteiger partial charge is 0.307 e. The summed E-state index contributed by atoms with van der Waals surface area (Å²) in [6.45, 7) is 0. The summed E-state index contributed by atoms with van der Waals surface area (Å²) in [6.07, 6.45) is -0.0623. The fraction of sp³-hybridized carbons (Fsp3) is 0.125. The van der Waals surface area contributed by atoms with E-state index in [1.165, 1.54) is 0 Å². The molecule has 1 aromatic carbocycles. The van der Waals surface area contributed by atoms with E-state index < -0.39 is 5.97 Å². The van der Waals surface area contributed by atoms with Crippen molar-refractivity contribution in [2.75, 3.05) is 0 Å². The number of rotatable bonds is 2. The highest BCUT2D eigenvalue weighted by Gasteiger charge is 2.06. The maximum atomic E-state index is 10.3. The van der Waals surface area contributed by atoms with Crippen LogP contribution in [0.5, 0.6) is 0 Å². The Morgan fingerprint density at radius 3 is 2.83 bits per heavy atom. The number of carboxylic acids is 1. The van der Waals surface area contributed by atoms with Crippen LogP contribution in [0.4, 0.5) is 0 Å². The lowest BCUT2D eigenvalue weighted by Gasteiger charge is -2.02. The molecule has 0 aliphatic heterocycles. The Morgan fingerprint density at radius 1 is 1.58 bits per heavy atom. The molecule has 0 unspecified atom stereocenters. The third-order valence-electron chi connectivity index (χ3n) is 1.40. The monoisotopic (exact) mass is 202 g/mol. The fourth-order valence-corrected chi connectivity index (χ4v) is 1.29.